The van der Waals surface area contributed by atoms with Crippen LogP contribution in [0.5, 0.6) is 5.75 Å². The van der Waals surface area contributed by atoms with Crippen molar-refractivity contribution in [3.8, 4) is 5.75 Å². The Hall–Kier alpha value is -6.63. The number of ether oxygens (including phenoxy) is 4. The summed E-state index contributed by atoms with van der Waals surface area (Å²) in [4.78, 5) is 44.5. The van der Waals surface area contributed by atoms with Crippen molar-refractivity contribution in [3.05, 3.63) is 205 Å². The van der Waals surface area contributed by atoms with Crippen LogP contribution in [0, 0.1) is 5.92 Å². The van der Waals surface area contributed by atoms with E-state index in [1.165, 1.54) is 18.2 Å². The van der Waals surface area contributed by atoms with E-state index in [9.17, 15) is 24.9 Å². The van der Waals surface area contributed by atoms with E-state index in [-0.39, 0.29) is 84.9 Å². The van der Waals surface area contributed by atoms with Gasteiger partial charge in [-0.05, 0) is 128 Å². The maximum atomic E-state index is 15.2. The number of carbonyl (C=O) groups excluding carboxylic acids is 2. The lowest BCUT2D eigenvalue weighted by molar-refractivity contribution is -0.192. The Bertz CT molecular complexity index is 3010. The first kappa shape index (κ1) is 51.3. The van der Waals surface area contributed by atoms with Crippen LogP contribution in [-0.4, -0.2) is 65.9 Å². The molecule has 0 amide bonds. The zero-order valence-corrected chi connectivity index (χ0v) is 42.0. The lowest BCUT2D eigenvalue weighted by atomic mass is 9.72. The Kier molecular flexibility index (Phi) is 16.2. The number of allylic oxidation sites excluding steroid dienone is 2. The van der Waals surface area contributed by atoms with Crippen LogP contribution >= 0.6 is 0 Å². The molecule has 6 aromatic rings. The van der Waals surface area contributed by atoms with Crippen LogP contribution < -0.4 is 10.4 Å². The number of carbonyl (C=O) groups is 2. The zero-order chi connectivity index (χ0) is 51.1. The second kappa shape index (κ2) is 23.1. The topological polar surface area (TPSA) is 162 Å². The minimum absolute atomic E-state index is 0.00439. The van der Waals surface area contributed by atoms with Gasteiger partial charge in [0.05, 0.1) is 25.4 Å². The third-order valence-electron chi connectivity index (χ3n) is 15.3. The number of aliphatic hydroxyl groups is 3. The van der Waals surface area contributed by atoms with Gasteiger partial charge in [0.2, 0.25) is 0 Å². The highest BCUT2D eigenvalue weighted by Gasteiger charge is 2.53. The number of hydrogen-bond acceptors (Lipinski definition) is 11. The molecule has 1 aromatic heterocycles. The first-order valence-electron chi connectivity index (χ1n) is 25.7. The predicted octanol–water partition coefficient (Wildman–Crippen LogP) is 10.4. The van der Waals surface area contributed by atoms with E-state index >= 15 is 4.79 Å². The number of esters is 2. The fourth-order valence-electron chi connectivity index (χ4n) is 11.4. The highest BCUT2D eigenvalue weighted by Crippen LogP contribution is 2.50. The lowest BCUT2D eigenvalue weighted by Gasteiger charge is -2.45. The molecule has 0 saturated heterocycles. The molecule has 11 nitrogen and oxygen atoms in total. The van der Waals surface area contributed by atoms with Crippen LogP contribution in [0.4, 0.5) is 0 Å². The minimum Gasteiger partial charge on any atom is -0.483 e. The molecule has 7 unspecified atom stereocenters. The van der Waals surface area contributed by atoms with Gasteiger partial charge in [0.1, 0.15) is 16.9 Å². The van der Waals surface area contributed by atoms with Gasteiger partial charge in [0.15, 0.2) is 12.2 Å². The Morgan fingerprint density at radius 1 is 0.808 bits per heavy atom. The van der Waals surface area contributed by atoms with Crippen LogP contribution in [-0.2, 0) is 49.7 Å². The average molecular weight is 987 g/mol. The van der Waals surface area contributed by atoms with Crippen molar-refractivity contribution < 1.29 is 48.3 Å². The highest BCUT2D eigenvalue weighted by atomic mass is 16.6. The molecule has 4 heterocycles. The van der Waals surface area contributed by atoms with E-state index in [4.69, 9.17) is 23.4 Å². The summed E-state index contributed by atoms with van der Waals surface area (Å²) in [5, 5.41) is 31.9. The molecule has 7 atom stereocenters. The van der Waals surface area contributed by atoms with E-state index in [1.807, 2.05) is 31.2 Å². The van der Waals surface area contributed by atoms with Gasteiger partial charge in [0, 0.05) is 54.4 Å². The zero-order valence-electron chi connectivity index (χ0n) is 42.0. The summed E-state index contributed by atoms with van der Waals surface area (Å²) in [6.07, 6.45) is 5.87. The quantitative estimate of drug-likeness (QED) is 0.0412. The molecule has 10 rings (SSSR count). The number of aryl methyl sites for hydroxylation is 2. The van der Waals surface area contributed by atoms with Crippen molar-refractivity contribution in [3.63, 3.8) is 0 Å². The molecule has 0 radical (unpaired) electrons. The molecule has 5 aromatic carbocycles. The van der Waals surface area contributed by atoms with Crippen molar-refractivity contribution in [2.24, 2.45) is 5.92 Å². The predicted molar refractivity (Wildman–Crippen MR) is 279 cm³/mol. The van der Waals surface area contributed by atoms with Gasteiger partial charge >= 0.3 is 17.6 Å². The van der Waals surface area contributed by atoms with Crippen molar-refractivity contribution >= 4 is 22.9 Å². The summed E-state index contributed by atoms with van der Waals surface area (Å²) in [6.45, 7) is 2.47. The molecular weight excluding hydrogens is 921 g/mol. The Morgan fingerprint density at radius 3 is 2.26 bits per heavy atom. The molecule has 11 heteroatoms. The van der Waals surface area contributed by atoms with Gasteiger partial charge in [0.25, 0.3) is 0 Å². The first-order chi connectivity index (χ1) is 35.5. The maximum absolute atomic E-state index is 15.2. The number of aliphatic hydroxyl groups excluding tert-OH is 3. The van der Waals surface area contributed by atoms with E-state index in [0.29, 0.717) is 48.6 Å². The van der Waals surface area contributed by atoms with Crippen molar-refractivity contribution in [1.82, 2.24) is 0 Å². The lowest BCUT2D eigenvalue weighted by Crippen LogP contribution is -2.54. The smallest absolute Gasteiger partial charge is 0.340 e. The summed E-state index contributed by atoms with van der Waals surface area (Å²) in [5.74, 6) is -1.89. The minimum atomic E-state index is -1.36. The molecule has 380 valence electrons. The Balaban J connectivity index is 1.17. The summed E-state index contributed by atoms with van der Waals surface area (Å²) >= 11 is 0. The van der Waals surface area contributed by atoms with Crippen LogP contribution in [0.15, 0.2) is 154 Å². The van der Waals surface area contributed by atoms with Crippen LogP contribution in [0.1, 0.15) is 126 Å². The number of rotatable bonds is 14. The van der Waals surface area contributed by atoms with Crippen molar-refractivity contribution in [2.45, 2.75) is 114 Å². The largest absolute Gasteiger partial charge is 0.483 e. The third-order valence-corrected chi connectivity index (χ3v) is 15.3. The molecule has 0 saturated carbocycles. The molecule has 3 aliphatic heterocycles. The maximum Gasteiger partial charge on any atom is 0.340 e. The molecule has 0 spiro atoms. The van der Waals surface area contributed by atoms with Crippen molar-refractivity contribution in [1.29, 1.82) is 0 Å². The fourth-order valence-corrected chi connectivity index (χ4v) is 11.4. The highest BCUT2D eigenvalue weighted by molar-refractivity contribution is 5.90. The van der Waals surface area contributed by atoms with Gasteiger partial charge in [-0.1, -0.05) is 121 Å². The number of methoxy groups -OCH3 is 1. The number of hydrogen-bond donors (Lipinski definition) is 3. The number of benzene rings is 5. The van der Waals surface area contributed by atoms with Gasteiger partial charge < -0.3 is 38.7 Å². The molecule has 1 aliphatic carbocycles. The van der Waals surface area contributed by atoms with Crippen LogP contribution in [0.2, 0.25) is 0 Å². The molecule has 4 aliphatic rings. The monoisotopic (exact) mass is 986 g/mol. The first-order valence-corrected chi connectivity index (χ1v) is 25.7. The van der Waals surface area contributed by atoms with Crippen LogP contribution in [0.3, 0.4) is 0 Å². The second-order valence-electron chi connectivity index (χ2n) is 20.2. The summed E-state index contributed by atoms with van der Waals surface area (Å²) < 4.78 is 32.3. The molecular formula is C62H66O11. The molecule has 3 N–H and O–H groups in total. The van der Waals surface area contributed by atoms with E-state index < -0.39 is 47.9 Å². The van der Waals surface area contributed by atoms with Gasteiger partial charge in [-0.2, -0.15) is 0 Å². The average Bonchev–Trinajstić information content (AvgIpc) is 3.39. The van der Waals surface area contributed by atoms with Gasteiger partial charge in [-0.3, -0.25) is 4.79 Å². The summed E-state index contributed by atoms with van der Waals surface area (Å²) in [7, 11) is 1.50. The second-order valence-corrected chi connectivity index (χ2v) is 20.2. The Labute approximate surface area is 427 Å². The van der Waals surface area contributed by atoms with Crippen LogP contribution in [0.25, 0.3) is 11.0 Å². The number of fused-ring (bicyclic) bond motifs is 11. The molecule has 73 heavy (non-hydrogen) atoms. The summed E-state index contributed by atoms with van der Waals surface area (Å²) in [6, 6.07) is 40.8. The standard InChI is InChI=1S/C62H66O11/c1-39(36-64)49-25-21-41-19-22-44(23-20-41)50-26-24-46(45-18-10-16-43(33-45)32-42-14-8-5-9-15-42)34-48(50)35-54(66)70-58-56-53(73-62(2,59(58)72-60(49)67)30-11-17-40-12-6-4-7-13-40)28-27-51-52(37-65)55(61(68)71-57(51)56)47(29-31-63)38-69-3/h4-10,12-16,18-20,22-24,26-28,33,46-48,50,58-59,63-65H,11,17,21,25,29-32,34-38H2,1-3H3. The normalized spacial score (nSPS) is 23.1. The van der Waals surface area contributed by atoms with Crippen molar-refractivity contribution in [2.75, 3.05) is 26.9 Å². The molecule has 2 bridgehead atoms. The van der Waals surface area contributed by atoms with Gasteiger partial charge in [-0.25, -0.2) is 9.59 Å². The third kappa shape index (κ3) is 11.3. The van der Waals surface area contributed by atoms with E-state index in [1.54, 1.807) is 19.1 Å². The van der Waals surface area contributed by atoms with Gasteiger partial charge in [-0.15, -0.1) is 0 Å². The van der Waals surface area contributed by atoms with E-state index in [2.05, 4.69) is 97.1 Å². The summed E-state index contributed by atoms with van der Waals surface area (Å²) in [5.41, 5.74) is 6.09. The SMILES string of the molecule is COCC(CCO)c1c(CO)c2ccc3c(c2oc1=O)C1OC(=O)CC2CC(c4cccc(Cc5ccccc5)c4)C=CC2c2ccc(cc2)CCC(=C(C)CO)C(=O)OC1C(C)(CCCc1ccccc1)O3. The fraction of sp³-hybridized carbons (Fsp3) is 0.371. The van der Waals surface area contributed by atoms with E-state index in [0.717, 1.165) is 28.7 Å². The Morgan fingerprint density at radius 2 is 1.55 bits per heavy atom. The molecule has 0 fully saturated rings.